The van der Waals surface area contributed by atoms with Crippen LogP contribution in [0.15, 0.2) is 66.7 Å². The van der Waals surface area contributed by atoms with Crippen LogP contribution < -0.4 is 9.80 Å². The molecule has 1 heterocycles. The Bertz CT molecular complexity index is 907. The van der Waals surface area contributed by atoms with Crippen molar-refractivity contribution in [2.75, 3.05) is 23.5 Å². The summed E-state index contributed by atoms with van der Waals surface area (Å²) in [6, 6.07) is 15.5. The third-order valence-electron chi connectivity index (χ3n) is 4.53. The lowest BCUT2D eigenvalue weighted by atomic mass is 9.95. The van der Waals surface area contributed by atoms with Crippen LogP contribution in [0.25, 0.3) is 0 Å². The largest absolute Gasteiger partial charge is 0.466 e. The Morgan fingerprint density at radius 2 is 1.63 bits per heavy atom. The molecular weight excluding hydrogens is 344 g/mol. The molecule has 2 aromatic rings. The highest BCUT2D eigenvalue weighted by molar-refractivity contribution is 6.12. The third kappa shape index (κ3) is 3.33. The molecule has 0 aromatic heterocycles. The molecule has 0 fully saturated rings. The van der Waals surface area contributed by atoms with Gasteiger partial charge in [-0.2, -0.15) is 0 Å². The number of carbonyl (C=O) groups excluding carboxylic acids is 3. The number of methoxy groups -OCH3 is 1. The predicted octanol–water partition coefficient (Wildman–Crippen LogP) is 2.86. The number of nitrogens with zero attached hydrogens (tertiary/aromatic N) is 2. The van der Waals surface area contributed by atoms with Gasteiger partial charge in [-0.05, 0) is 17.7 Å². The quantitative estimate of drug-likeness (QED) is 0.618. The number of anilines is 2. The molecule has 0 saturated carbocycles. The van der Waals surface area contributed by atoms with Crippen molar-refractivity contribution in [1.82, 2.24) is 0 Å². The van der Waals surface area contributed by atoms with Gasteiger partial charge in [-0.25, -0.2) is 4.79 Å². The third-order valence-corrected chi connectivity index (χ3v) is 4.53. The number of carbonyl (C=O) groups is 3. The van der Waals surface area contributed by atoms with E-state index in [0.29, 0.717) is 11.4 Å². The molecule has 0 N–H and O–H groups in total. The molecule has 1 aliphatic rings. The number of esters is 1. The molecule has 0 bridgehead atoms. The molecule has 0 spiro atoms. The van der Waals surface area contributed by atoms with E-state index in [-0.39, 0.29) is 23.9 Å². The van der Waals surface area contributed by atoms with E-state index in [1.165, 1.54) is 23.8 Å². The highest BCUT2D eigenvalue weighted by Crippen LogP contribution is 2.41. The van der Waals surface area contributed by atoms with Crippen LogP contribution in [-0.4, -0.2) is 31.4 Å². The van der Waals surface area contributed by atoms with Gasteiger partial charge in [-0.3, -0.25) is 14.5 Å². The number of rotatable bonds is 4. The molecule has 0 radical (unpaired) electrons. The molecule has 2 aromatic carbocycles. The first-order valence-corrected chi connectivity index (χ1v) is 8.47. The molecule has 6 nitrogen and oxygen atoms in total. The summed E-state index contributed by atoms with van der Waals surface area (Å²) in [5, 5.41) is 0. The fourth-order valence-corrected chi connectivity index (χ4v) is 3.28. The predicted molar refractivity (Wildman–Crippen MR) is 102 cm³/mol. The van der Waals surface area contributed by atoms with E-state index in [0.717, 1.165) is 5.56 Å². The first kappa shape index (κ1) is 18.4. The van der Waals surface area contributed by atoms with Crippen LogP contribution in [0.5, 0.6) is 0 Å². The van der Waals surface area contributed by atoms with Gasteiger partial charge in [0, 0.05) is 6.92 Å². The normalized spacial score (nSPS) is 14.4. The van der Waals surface area contributed by atoms with Crippen LogP contribution in [0, 0.1) is 0 Å². The summed E-state index contributed by atoms with van der Waals surface area (Å²) in [5.74, 6) is -1.12. The zero-order valence-electron chi connectivity index (χ0n) is 15.2. The van der Waals surface area contributed by atoms with Gasteiger partial charge in [0.25, 0.3) is 0 Å². The van der Waals surface area contributed by atoms with Gasteiger partial charge in [0.2, 0.25) is 11.8 Å². The summed E-state index contributed by atoms with van der Waals surface area (Å²) >= 11 is 0. The Kier molecular flexibility index (Phi) is 5.07. The maximum Gasteiger partial charge on any atom is 0.335 e. The van der Waals surface area contributed by atoms with Crippen molar-refractivity contribution >= 4 is 29.2 Å². The maximum absolute atomic E-state index is 13.0. The lowest BCUT2D eigenvalue weighted by Gasteiger charge is -2.40. The average Bonchev–Trinajstić information content (AvgIpc) is 2.69. The zero-order valence-corrected chi connectivity index (χ0v) is 15.2. The van der Waals surface area contributed by atoms with Crippen LogP contribution in [0.2, 0.25) is 0 Å². The number of para-hydroxylation sites is 2. The molecule has 6 heteroatoms. The second-order valence-electron chi connectivity index (χ2n) is 6.19. The number of hydrogen-bond acceptors (Lipinski definition) is 4. The van der Waals surface area contributed by atoms with Crippen molar-refractivity contribution in [2.45, 2.75) is 13.0 Å². The highest BCUT2D eigenvalue weighted by atomic mass is 16.5. The minimum Gasteiger partial charge on any atom is -0.466 e. The van der Waals surface area contributed by atoms with E-state index in [1.54, 1.807) is 24.3 Å². The van der Waals surface area contributed by atoms with Gasteiger partial charge in [0.15, 0.2) is 0 Å². The van der Waals surface area contributed by atoms with Gasteiger partial charge in [-0.15, -0.1) is 0 Å². The number of benzene rings is 2. The fourth-order valence-electron chi connectivity index (χ4n) is 3.28. The number of fused-ring (bicyclic) bond motifs is 1. The summed E-state index contributed by atoms with van der Waals surface area (Å²) in [6.45, 7) is 5.20. The SMILES string of the molecule is C=C(C(=O)OC)C(c1ccccc1)N1C(=O)CN(C(C)=O)c2ccccc21. The molecule has 1 aliphatic heterocycles. The van der Waals surface area contributed by atoms with Gasteiger partial charge < -0.3 is 9.64 Å². The average molecular weight is 364 g/mol. The Morgan fingerprint density at radius 1 is 1.04 bits per heavy atom. The Hall–Kier alpha value is -3.41. The van der Waals surface area contributed by atoms with Gasteiger partial charge in [-0.1, -0.05) is 49.0 Å². The smallest absolute Gasteiger partial charge is 0.335 e. The molecule has 1 atom stereocenters. The Labute approximate surface area is 157 Å². The number of amides is 2. The van der Waals surface area contributed by atoms with Crippen LogP contribution in [0.4, 0.5) is 11.4 Å². The van der Waals surface area contributed by atoms with Crippen molar-refractivity contribution in [3.8, 4) is 0 Å². The zero-order chi connectivity index (χ0) is 19.6. The van der Waals surface area contributed by atoms with E-state index in [9.17, 15) is 14.4 Å². The van der Waals surface area contributed by atoms with Crippen molar-refractivity contribution in [3.63, 3.8) is 0 Å². The van der Waals surface area contributed by atoms with Crippen LogP contribution in [0.3, 0.4) is 0 Å². The fraction of sp³-hybridized carbons (Fsp3) is 0.190. The summed E-state index contributed by atoms with van der Waals surface area (Å²) in [5.41, 5.74) is 2.03. The molecule has 27 heavy (non-hydrogen) atoms. The highest BCUT2D eigenvalue weighted by Gasteiger charge is 2.38. The van der Waals surface area contributed by atoms with E-state index >= 15 is 0 Å². The molecule has 0 aliphatic carbocycles. The molecule has 138 valence electrons. The lowest BCUT2D eigenvalue weighted by molar-refractivity contribution is -0.136. The molecule has 1 unspecified atom stereocenters. The van der Waals surface area contributed by atoms with Crippen LogP contribution in [0.1, 0.15) is 18.5 Å². The van der Waals surface area contributed by atoms with Crippen LogP contribution >= 0.6 is 0 Å². The topological polar surface area (TPSA) is 66.9 Å². The van der Waals surface area contributed by atoms with Crippen molar-refractivity contribution < 1.29 is 19.1 Å². The summed E-state index contributed by atoms with van der Waals surface area (Å²) in [4.78, 5) is 40.2. The summed E-state index contributed by atoms with van der Waals surface area (Å²) in [7, 11) is 1.28. The standard InChI is InChI=1S/C21H20N2O4/c1-14(21(26)27-3)20(16-9-5-4-6-10-16)23-18-12-8-7-11-17(18)22(15(2)24)13-19(23)25/h4-12,20H,1,13H2,2-3H3. The number of hydrogen-bond donors (Lipinski definition) is 0. The van der Waals surface area contributed by atoms with E-state index in [4.69, 9.17) is 4.74 Å². The van der Waals surface area contributed by atoms with Gasteiger partial charge in [0.05, 0.1) is 30.1 Å². The Balaban J connectivity index is 2.18. The Morgan fingerprint density at radius 3 is 2.22 bits per heavy atom. The first-order valence-electron chi connectivity index (χ1n) is 8.47. The molecule has 0 saturated heterocycles. The van der Waals surface area contributed by atoms with E-state index < -0.39 is 12.0 Å². The first-order chi connectivity index (χ1) is 13.0. The second kappa shape index (κ2) is 7.45. The van der Waals surface area contributed by atoms with Crippen molar-refractivity contribution in [3.05, 3.63) is 72.3 Å². The maximum atomic E-state index is 13.0. The monoisotopic (exact) mass is 364 g/mol. The molecule has 2 amide bonds. The van der Waals surface area contributed by atoms with E-state index in [1.807, 2.05) is 30.3 Å². The number of ether oxygens (including phenoxy) is 1. The molecular formula is C21H20N2O4. The van der Waals surface area contributed by atoms with Crippen molar-refractivity contribution in [1.29, 1.82) is 0 Å². The minimum atomic E-state index is -0.735. The van der Waals surface area contributed by atoms with Gasteiger partial charge in [0.1, 0.15) is 6.54 Å². The lowest BCUT2D eigenvalue weighted by Crippen LogP contribution is -2.49. The van der Waals surface area contributed by atoms with E-state index in [2.05, 4.69) is 6.58 Å². The van der Waals surface area contributed by atoms with Crippen molar-refractivity contribution in [2.24, 2.45) is 0 Å². The summed E-state index contributed by atoms with van der Waals surface area (Å²) < 4.78 is 4.85. The van der Waals surface area contributed by atoms with Gasteiger partial charge >= 0.3 is 5.97 Å². The summed E-state index contributed by atoms with van der Waals surface area (Å²) in [6.07, 6.45) is 0. The van der Waals surface area contributed by atoms with Crippen LogP contribution in [-0.2, 0) is 19.1 Å². The minimum absolute atomic E-state index is 0.107. The second-order valence-corrected chi connectivity index (χ2v) is 6.19. The molecule has 3 rings (SSSR count).